The molecule has 1 atom stereocenters. The zero-order valence-electron chi connectivity index (χ0n) is 12.1. The number of ether oxygens (including phenoxy) is 2. The summed E-state index contributed by atoms with van der Waals surface area (Å²) in [6.45, 7) is 14.1. The maximum atomic E-state index is 5.57. The highest BCUT2D eigenvalue weighted by Gasteiger charge is 2.02. The summed E-state index contributed by atoms with van der Waals surface area (Å²) in [5.41, 5.74) is 0. The SMILES string of the molecule is CCCCOCCOCC(C)CNCC(C)C. The van der Waals surface area contributed by atoms with E-state index in [1.54, 1.807) is 0 Å². The van der Waals surface area contributed by atoms with Crippen molar-refractivity contribution in [3.63, 3.8) is 0 Å². The minimum Gasteiger partial charge on any atom is -0.379 e. The monoisotopic (exact) mass is 245 g/mol. The van der Waals surface area contributed by atoms with Crippen LogP contribution in [0.15, 0.2) is 0 Å². The van der Waals surface area contributed by atoms with E-state index in [1.807, 2.05) is 0 Å². The van der Waals surface area contributed by atoms with Crippen molar-refractivity contribution in [3.05, 3.63) is 0 Å². The zero-order chi connectivity index (χ0) is 12.9. The van der Waals surface area contributed by atoms with Crippen LogP contribution < -0.4 is 5.32 Å². The molecule has 0 aromatic rings. The molecule has 0 aliphatic carbocycles. The molecule has 0 aliphatic rings. The first-order chi connectivity index (χ1) is 8.16. The van der Waals surface area contributed by atoms with Gasteiger partial charge in [0.25, 0.3) is 0 Å². The fourth-order valence-electron chi connectivity index (χ4n) is 1.43. The Balaban J connectivity index is 3.13. The molecule has 0 radical (unpaired) electrons. The Morgan fingerprint density at radius 3 is 2.29 bits per heavy atom. The van der Waals surface area contributed by atoms with Crippen LogP contribution in [0.25, 0.3) is 0 Å². The van der Waals surface area contributed by atoms with Gasteiger partial charge in [-0.1, -0.05) is 34.1 Å². The van der Waals surface area contributed by atoms with Gasteiger partial charge >= 0.3 is 0 Å². The molecule has 3 nitrogen and oxygen atoms in total. The fraction of sp³-hybridized carbons (Fsp3) is 1.00. The second kappa shape index (κ2) is 12.3. The summed E-state index contributed by atoms with van der Waals surface area (Å²) < 4.78 is 11.0. The maximum Gasteiger partial charge on any atom is 0.0700 e. The van der Waals surface area contributed by atoms with Gasteiger partial charge in [-0.3, -0.25) is 0 Å². The van der Waals surface area contributed by atoms with E-state index in [0.717, 1.165) is 51.9 Å². The number of unbranched alkanes of at least 4 members (excludes halogenated alkanes) is 1. The molecule has 3 heteroatoms. The van der Waals surface area contributed by atoms with Crippen LogP contribution in [0.4, 0.5) is 0 Å². The molecule has 0 fully saturated rings. The molecule has 0 heterocycles. The summed E-state index contributed by atoms with van der Waals surface area (Å²) in [4.78, 5) is 0. The van der Waals surface area contributed by atoms with Gasteiger partial charge in [0.1, 0.15) is 0 Å². The quantitative estimate of drug-likeness (QED) is 0.536. The lowest BCUT2D eigenvalue weighted by Crippen LogP contribution is -2.27. The minimum absolute atomic E-state index is 0.574. The topological polar surface area (TPSA) is 30.5 Å². The predicted molar refractivity (Wildman–Crippen MR) is 73.4 cm³/mol. The zero-order valence-corrected chi connectivity index (χ0v) is 12.1. The Kier molecular flexibility index (Phi) is 12.3. The summed E-state index contributed by atoms with van der Waals surface area (Å²) in [7, 11) is 0. The summed E-state index contributed by atoms with van der Waals surface area (Å²) in [5, 5.41) is 3.44. The third-order valence-corrected chi connectivity index (χ3v) is 2.46. The van der Waals surface area contributed by atoms with E-state index in [0.29, 0.717) is 5.92 Å². The Labute approximate surface area is 107 Å². The Morgan fingerprint density at radius 2 is 1.65 bits per heavy atom. The van der Waals surface area contributed by atoms with Gasteiger partial charge < -0.3 is 14.8 Å². The number of hydrogen-bond acceptors (Lipinski definition) is 3. The van der Waals surface area contributed by atoms with Crippen LogP contribution in [0.2, 0.25) is 0 Å². The molecule has 0 aromatic heterocycles. The highest BCUT2D eigenvalue weighted by molar-refractivity contribution is 4.57. The molecule has 0 rings (SSSR count). The van der Waals surface area contributed by atoms with Gasteiger partial charge in [-0.2, -0.15) is 0 Å². The smallest absolute Gasteiger partial charge is 0.0700 e. The van der Waals surface area contributed by atoms with E-state index in [-0.39, 0.29) is 0 Å². The van der Waals surface area contributed by atoms with E-state index in [4.69, 9.17) is 9.47 Å². The van der Waals surface area contributed by atoms with E-state index in [1.165, 1.54) is 6.42 Å². The lowest BCUT2D eigenvalue weighted by Gasteiger charge is -2.14. The molecule has 17 heavy (non-hydrogen) atoms. The van der Waals surface area contributed by atoms with Gasteiger partial charge in [0.05, 0.1) is 19.8 Å². The van der Waals surface area contributed by atoms with Crippen molar-refractivity contribution in [3.8, 4) is 0 Å². The van der Waals surface area contributed by atoms with Crippen LogP contribution in [0.3, 0.4) is 0 Å². The van der Waals surface area contributed by atoms with Gasteiger partial charge in [0.15, 0.2) is 0 Å². The number of hydrogen-bond donors (Lipinski definition) is 1. The van der Waals surface area contributed by atoms with Crippen LogP contribution in [0, 0.1) is 11.8 Å². The van der Waals surface area contributed by atoms with E-state index >= 15 is 0 Å². The molecule has 0 bridgehead atoms. The Morgan fingerprint density at radius 1 is 0.941 bits per heavy atom. The Bertz CT molecular complexity index is 151. The first-order valence-corrected chi connectivity index (χ1v) is 7.03. The van der Waals surface area contributed by atoms with Gasteiger partial charge in [-0.15, -0.1) is 0 Å². The highest BCUT2D eigenvalue weighted by Crippen LogP contribution is 1.96. The summed E-state index contributed by atoms with van der Waals surface area (Å²) in [6, 6.07) is 0. The van der Waals surface area contributed by atoms with Gasteiger partial charge in [-0.05, 0) is 31.3 Å². The molecular formula is C14H31NO2. The average molecular weight is 245 g/mol. The third kappa shape index (κ3) is 13.8. The standard InChI is InChI=1S/C14H31NO2/c1-5-6-7-16-8-9-17-12-14(4)11-15-10-13(2)3/h13-15H,5-12H2,1-4H3. The summed E-state index contributed by atoms with van der Waals surface area (Å²) >= 11 is 0. The van der Waals surface area contributed by atoms with Crippen molar-refractivity contribution in [1.82, 2.24) is 5.32 Å². The number of nitrogens with one attached hydrogen (secondary N) is 1. The number of rotatable bonds is 12. The van der Waals surface area contributed by atoms with Crippen LogP contribution in [0.1, 0.15) is 40.5 Å². The van der Waals surface area contributed by atoms with Crippen LogP contribution in [0.5, 0.6) is 0 Å². The van der Waals surface area contributed by atoms with Crippen molar-refractivity contribution in [2.24, 2.45) is 11.8 Å². The van der Waals surface area contributed by atoms with E-state index in [2.05, 4.69) is 33.0 Å². The second-order valence-electron chi connectivity index (χ2n) is 5.20. The van der Waals surface area contributed by atoms with Crippen molar-refractivity contribution in [2.75, 3.05) is 39.5 Å². The Hall–Kier alpha value is -0.120. The predicted octanol–water partition coefficient (Wildman–Crippen LogP) is 2.70. The van der Waals surface area contributed by atoms with Gasteiger partial charge in [-0.25, -0.2) is 0 Å². The molecule has 0 aromatic carbocycles. The molecule has 0 spiro atoms. The second-order valence-corrected chi connectivity index (χ2v) is 5.20. The van der Waals surface area contributed by atoms with E-state index in [9.17, 15) is 0 Å². The molecule has 1 unspecified atom stereocenters. The van der Waals surface area contributed by atoms with Gasteiger partial charge in [0.2, 0.25) is 0 Å². The average Bonchev–Trinajstić information content (AvgIpc) is 2.27. The molecule has 0 saturated heterocycles. The molecular weight excluding hydrogens is 214 g/mol. The van der Waals surface area contributed by atoms with Crippen LogP contribution in [-0.4, -0.2) is 39.5 Å². The molecule has 0 amide bonds. The summed E-state index contributed by atoms with van der Waals surface area (Å²) in [5.74, 6) is 1.29. The molecule has 0 saturated carbocycles. The first kappa shape index (κ1) is 16.9. The fourth-order valence-corrected chi connectivity index (χ4v) is 1.43. The lowest BCUT2D eigenvalue weighted by molar-refractivity contribution is 0.0348. The van der Waals surface area contributed by atoms with Crippen LogP contribution >= 0.6 is 0 Å². The normalized spacial score (nSPS) is 13.2. The third-order valence-electron chi connectivity index (χ3n) is 2.46. The van der Waals surface area contributed by atoms with E-state index < -0.39 is 0 Å². The van der Waals surface area contributed by atoms with Crippen LogP contribution in [-0.2, 0) is 9.47 Å². The van der Waals surface area contributed by atoms with Crippen molar-refractivity contribution >= 4 is 0 Å². The largest absolute Gasteiger partial charge is 0.379 e. The molecule has 1 N–H and O–H groups in total. The van der Waals surface area contributed by atoms with Crippen molar-refractivity contribution in [2.45, 2.75) is 40.5 Å². The highest BCUT2D eigenvalue weighted by atomic mass is 16.5. The lowest BCUT2D eigenvalue weighted by atomic mass is 10.2. The minimum atomic E-state index is 0.574. The summed E-state index contributed by atoms with van der Waals surface area (Å²) in [6.07, 6.45) is 2.34. The van der Waals surface area contributed by atoms with Crippen molar-refractivity contribution < 1.29 is 9.47 Å². The molecule has 104 valence electrons. The first-order valence-electron chi connectivity index (χ1n) is 7.03. The maximum absolute atomic E-state index is 5.57. The van der Waals surface area contributed by atoms with Crippen molar-refractivity contribution in [1.29, 1.82) is 0 Å². The van der Waals surface area contributed by atoms with Gasteiger partial charge in [0, 0.05) is 6.61 Å². The molecule has 0 aliphatic heterocycles.